The molecule has 0 aliphatic heterocycles. The van der Waals surface area contributed by atoms with E-state index in [4.69, 9.17) is 20.4 Å². The summed E-state index contributed by atoms with van der Waals surface area (Å²) in [5.41, 5.74) is 0. The lowest BCUT2D eigenvalue weighted by Crippen LogP contribution is -2.52. The number of nitrogens with one attached hydrogen (secondary N) is 2. The van der Waals surface area contributed by atoms with Gasteiger partial charge in [0.1, 0.15) is 6.73 Å². The van der Waals surface area contributed by atoms with E-state index in [2.05, 4.69) is 19.7 Å². The molecule has 0 aromatic heterocycles. The van der Waals surface area contributed by atoms with Crippen molar-refractivity contribution in [3.05, 3.63) is 38.0 Å². The number of carbonyl (C=O) groups is 4. The van der Waals surface area contributed by atoms with Crippen molar-refractivity contribution in [1.82, 2.24) is 15.5 Å². The summed E-state index contributed by atoms with van der Waals surface area (Å²) in [6.45, 7) is 8.15. The van der Waals surface area contributed by atoms with Crippen LogP contribution in [0.4, 0.5) is 0 Å². The molecule has 0 aromatic rings. The zero-order chi connectivity index (χ0) is 20.7. The van der Waals surface area contributed by atoms with Crippen LogP contribution in [0, 0.1) is 0 Å². The maximum Gasteiger partial charge on any atom is 0.347 e. The quantitative estimate of drug-likeness (QED) is 0.177. The predicted octanol–water partition coefficient (Wildman–Crippen LogP) is -2.69. The monoisotopic (exact) mass is 373 g/mol. The number of aliphatic hydroxyl groups is 3. The van der Waals surface area contributed by atoms with Crippen LogP contribution in [0.2, 0.25) is 0 Å². The van der Waals surface area contributed by atoms with Crippen LogP contribution >= 0.6 is 0 Å². The molecule has 0 fully saturated rings. The molecule has 0 aromatic carbocycles. The molecule has 0 heterocycles. The number of rotatable bonds is 10. The van der Waals surface area contributed by atoms with Crippen molar-refractivity contribution in [2.75, 3.05) is 19.9 Å². The van der Waals surface area contributed by atoms with E-state index in [-0.39, 0.29) is 0 Å². The number of hydrogen-bond donors (Lipinski definition) is 6. The highest BCUT2D eigenvalue weighted by Crippen LogP contribution is 1.98. The third-order valence-corrected chi connectivity index (χ3v) is 2.66. The van der Waals surface area contributed by atoms with Gasteiger partial charge in [-0.05, 0) is 18.2 Å². The van der Waals surface area contributed by atoms with E-state index in [1.54, 1.807) is 0 Å². The first kappa shape index (κ1) is 25.2. The van der Waals surface area contributed by atoms with Gasteiger partial charge in [0.25, 0.3) is 0 Å². The summed E-state index contributed by atoms with van der Waals surface area (Å²) in [6, 6.07) is -0.763. The van der Waals surface area contributed by atoms with E-state index < -0.39 is 55.8 Å². The maximum absolute atomic E-state index is 10.9. The molecule has 0 aliphatic rings. The fourth-order valence-corrected chi connectivity index (χ4v) is 1.30. The summed E-state index contributed by atoms with van der Waals surface area (Å²) in [5.74, 6) is -3.29. The first-order chi connectivity index (χ1) is 12.2. The average Bonchev–Trinajstić information content (AvgIpc) is 2.64. The van der Waals surface area contributed by atoms with Crippen molar-refractivity contribution < 1.29 is 39.6 Å². The van der Waals surface area contributed by atoms with E-state index in [0.717, 1.165) is 23.1 Å². The second-order valence-corrected chi connectivity index (χ2v) is 4.37. The lowest BCUT2D eigenvalue weighted by atomic mass is 10.3. The molecular formula is C15H23N3O8. The topological polar surface area (TPSA) is 176 Å². The summed E-state index contributed by atoms with van der Waals surface area (Å²) in [4.78, 5) is 43.8. The number of aliphatic hydroxyl groups excluding tert-OH is 3. The predicted molar refractivity (Wildman–Crippen MR) is 90.2 cm³/mol. The molecule has 0 aliphatic carbocycles. The number of carbonyl (C=O) groups excluding carboxylic acids is 3. The summed E-state index contributed by atoms with van der Waals surface area (Å²) in [5, 5.41) is 38.6. The highest BCUT2D eigenvalue weighted by atomic mass is 16.4. The highest BCUT2D eigenvalue weighted by molar-refractivity contribution is 5.94. The van der Waals surface area contributed by atoms with Crippen LogP contribution in [-0.4, -0.2) is 81.2 Å². The Labute approximate surface area is 149 Å². The Bertz CT molecular complexity index is 509. The molecule has 11 nitrogen and oxygen atoms in total. The fraction of sp³-hybridized carbons (Fsp3) is 0.333. The molecule has 0 radical (unpaired) electrons. The molecule has 0 unspecified atom stereocenters. The second-order valence-electron chi connectivity index (χ2n) is 4.37. The fourth-order valence-electron chi connectivity index (χ4n) is 1.30. The van der Waals surface area contributed by atoms with Crippen LogP contribution in [0.5, 0.6) is 0 Å². The van der Waals surface area contributed by atoms with Gasteiger partial charge in [0, 0.05) is 0 Å². The van der Waals surface area contributed by atoms with Gasteiger partial charge in [-0.1, -0.05) is 19.7 Å². The standard InChI is InChI=1S/C8H10N2O4.C7H13NO4/c1-3-5(11)9-7(8(13)14)10-6(12)4-2;1-2-7(12)8(5-11)6(3-9)4-10/h3-4,7H,1-2H2,(H,9,11)(H,10,12)(H,13,14);2,6,9-11H,1,3-5H2. The van der Waals surface area contributed by atoms with E-state index >= 15 is 0 Å². The Hall–Kier alpha value is -3.02. The molecule has 3 amide bonds. The molecule has 0 atom stereocenters. The first-order valence-electron chi connectivity index (χ1n) is 7.06. The van der Waals surface area contributed by atoms with Gasteiger partial charge < -0.3 is 36.0 Å². The number of carboxylic acids is 1. The zero-order valence-electron chi connectivity index (χ0n) is 14.0. The Morgan fingerprint density at radius 1 is 0.885 bits per heavy atom. The van der Waals surface area contributed by atoms with Gasteiger partial charge in [-0.15, -0.1) is 0 Å². The van der Waals surface area contributed by atoms with Crippen molar-refractivity contribution in [3.63, 3.8) is 0 Å². The molecule has 6 N–H and O–H groups in total. The summed E-state index contributed by atoms with van der Waals surface area (Å²) < 4.78 is 0. The van der Waals surface area contributed by atoms with Crippen molar-refractivity contribution >= 4 is 23.7 Å². The van der Waals surface area contributed by atoms with Gasteiger partial charge >= 0.3 is 5.97 Å². The lowest BCUT2D eigenvalue weighted by Gasteiger charge is -2.25. The maximum atomic E-state index is 10.9. The van der Waals surface area contributed by atoms with Gasteiger partial charge in [0.2, 0.25) is 23.9 Å². The van der Waals surface area contributed by atoms with Crippen LogP contribution in [0.25, 0.3) is 0 Å². The summed E-state index contributed by atoms with van der Waals surface area (Å²) in [6.07, 6.45) is 1.33. The van der Waals surface area contributed by atoms with Gasteiger partial charge in [0.15, 0.2) is 0 Å². The normalized spacial score (nSPS) is 9.42. The van der Waals surface area contributed by atoms with Crippen LogP contribution in [-0.2, 0) is 19.2 Å². The Morgan fingerprint density at radius 2 is 1.31 bits per heavy atom. The minimum Gasteiger partial charge on any atom is -0.478 e. The van der Waals surface area contributed by atoms with Gasteiger partial charge in [-0.25, -0.2) is 4.79 Å². The number of nitrogens with zero attached hydrogens (tertiary/aromatic N) is 1. The Morgan fingerprint density at radius 3 is 1.54 bits per heavy atom. The van der Waals surface area contributed by atoms with Gasteiger partial charge in [-0.2, -0.15) is 0 Å². The minimum absolute atomic E-state index is 0.392. The Kier molecular flexibility index (Phi) is 13.9. The molecule has 146 valence electrons. The minimum atomic E-state index is -1.48. The van der Waals surface area contributed by atoms with E-state index in [9.17, 15) is 19.2 Å². The van der Waals surface area contributed by atoms with Gasteiger partial charge in [0.05, 0.1) is 19.3 Å². The van der Waals surface area contributed by atoms with Crippen molar-refractivity contribution in [2.45, 2.75) is 12.2 Å². The second kappa shape index (κ2) is 14.3. The van der Waals surface area contributed by atoms with E-state index in [1.807, 2.05) is 10.6 Å². The van der Waals surface area contributed by atoms with E-state index in [1.165, 1.54) is 0 Å². The largest absolute Gasteiger partial charge is 0.478 e. The van der Waals surface area contributed by atoms with Crippen molar-refractivity contribution in [2.24, 2.45) is 0 Å². The molecule has 0 bridgehead atoms. The van der Waals surface area contributed by atoms with Crippen molar-refractivity contribution in [1.29, 1.82) is 0 Å². The number of carboxylic acid groups (broad SMARTS) is 1. The lowest BCUT2D eigenvalue weighted by molar-refractivity contribution is -0.143. The molecule has 26 heavy (non-hydrogen) atoms. The van der Waals surface area contributed by atoms with Crippen LogP contribution < -0.4 is 10.6 Å². The third kappa shape index (κ3) is 9.97. The number of aliphatic carboxylic acids is 1. The molecule has 0 saturated heterocycles. The number of hydrogen-bond acceptors (Lipinski definition) is 7. The molecule has 0 rings (SSSR count). The van der Waals surface area contributed by atoms with Crippen LogP contribution in [0.15, 0.2) is 38.0 Å². The zero-order valence-corrected chi connectivity index (χ0v) is 14.0. The van der Waals surface area contributed by atoms with Crippen molar-refractivity contribution in [3.8, 4) is 0 Å². The molecular weight excluding hydrogens is 350 g/mol. The third-order valence-electron chi connectivity index (χ3n) is 2.66. The molecule has 0 spiro atoms. The molecule has 11 heteroatoms. The van der Waals surface area contributed by atoms with Gasteiger partial charge in [-0.3, -0.25) is 14.4 Å². The van der Waals surface area contributed by atoms with Crippen LogP contribution in [0.3, 0.4) is 0 Å². The van der Waals surface area contributed by atoms with Crippen LogP contribution in [0.1, 0.15) is 0 Å². The molecule has 0 saturated carbocycles. The SMILES string of the molecule is C=CC(=O)N(CO)C(CO)CO.C=CC(=O)NC(NC(=O)C=C)C(=O)O. The highest BCUT2D eigenvalue weighted by Gasteiger charge is 2.20. The van der Waals surface area contributed by atoms with E-state index in [0.29, 0.717) is 0 Å². The smallest absolute Gasteiger partial charge is 0.347 e. The summed E-state index contributed by atoms with van der Waals surface area (Å²) >= 11 is 0. The number of amides is 3. The first-order valence-corrected chi connectivity index (χ1v) is 7.06. The Balaban J connectivity index is 0. The average molecular weight is 373 g/mol. The summed E-state index contributed by atoms with van der Waals surface area (Å²) in [7, 11) is 0.